The molecule has 1 amide bonds. The molecule has 2 rings (SSSR count). The maximum atomic E-state index is 12.3. The van der Waals surface area contributed by atoms with Crippen LogP contribution in [0.15, 0.2) is 51.4 Å². The smallest absolute Gasteiger partial charge is 0.252 e. The summed E-state index contributed by atoms with van der Waals surface area (Å²) in [6.07, 6.45) is 0. The molecule has 0 fully saturated rings. The van der Waals surface area contributed by atoms with Gasteiger partial charge in [-0.15, -0.1) is 0 Å². The van der Waals surface area contributed by atoms with Crippen molar-refractivity contribution in [3.63, 3.8) is 0 Å². The van der Waals surface area contributed by atoms with Crippen LogP contribution in [-0.2, 0) is 0 Å². The van der Waals surface area contributed by atoms with Gasteiger partial charge in [-0.05, 0) is 59.1 Å². The van der Waals surface area contributed by atoms with Crippen LogP contribution in [0.2, 0.25) is 0 Å². The van der Waals surface area contributed by atoms with E-state index in [9.17, 15) is 4.79 Å². The first-order chi connectivity index (χ1) is 9.49. The first-order valence-corrected chi connectivity index (χ1v) is 7.89. The highest BCUT2D eigenvalue weighted by atomic mass is 79.9. The van der Waals surface area contributed by atoms with Gasteiger partial charge in [-0.25, -0.2) is 0 Å². The van der Waals surface area contributed by atoms with Crippen molar-refractivity contribution < 1.29 is 4.79 Å². The fourth-order valence-electron chi connectivity index (χ4n) is 1.96. The van der Waals surface area contributed by atoms with E-state index in [-0.39, 0.29) is 11.9 Å². The number of benzene rings is 2. The minimum Gasteiger partial charge on any atom is -0.345 e. The first kappa shape index (κ1) is 15.3. The summed E-state index contributed by atoms with van der Waals surface area (Å²) < 4.78 is 1.85. The number of aryl methyl sites for hydroxylation is 1. The van der Waals surface area contributed by atoms with E-state index in [2.05, 4.69) is 37.2 Å². The number of nitrogens with one attached hydrogen (secondary N) is 1. The zero-order chi connectivity index (χ0) is 14.7. The molecule has 0 saturated heterocycles. The van der Waals surface area contributed by atoms with Crippen LogP contribution in [0.4, 0.5) is 0 Å². The van der Waals surface area contributed by atoms with E-state index in [1.165, 1.54) is 0 Å². The van der Waals surface area contributed by atoms with E-state index >= 15 is 0 Å². The molecule has 20 heavy (non-hydrogen) atoms. The highest BCUT2D eigenvalue weighted by molar-refractivity contribution is 9.10. The fraction of sp³-hybridized carbons (Fsp3) is 0.188. The van der Waals surface area contributed by atoms with E-state index in [0.717, 1.165) is 20.1 Å². The Hall–Kier alpha value is -1.13. The van der Waals surface area contributed by atoms with Gasteiger partial charge in [0.05, 0.1) is 11.6 Å². The molecule has 0 aromatic heterocycles. The molecule has 0 radical (unpaired) electrons. The number of carbonyl (C=O) groups excluding carboxylic acids is 1. The first-order valence-electron chi connectivity index (χ1n) is 6.30. The van der Waals surface area contributed by atoms with Crippen LogP contribution >= 0.6 is 31.9 Å². The van der Waals surface area contributed by atoms with Gasteiger partial charge in [0, 0.05) is 8.95 Å². The summed E-state index contributed by atoms with van der Waals surface area (Å²) in [5, 5.41) is 3.02. The molecule has 0 spiro atoms. The van der Waals surface area contributed by atoms with Gasteiger partial charge in [-0.3, -0.25) is 4.79 Å². The van der Waals surface area contributed by atoms with Gasteiger partial charge in [-0.2, -0.15) is 0 Å². The van der Waals surface area contributed by atoms with Crippen molar-refractivity contribution >= 4 is 37.8 Å². The van der Waals surface area contributed by atoms with Crippen molar-refractivity contribution in [2.75, 3.05) is 0 Å². The number of rotatable bonds is 3. The summed E-state index contributed by atoms with van der Waals surface area (Å²) in [5.74, 6) is -0.0759. The second kappa shape index (κ2) is 6.55. The third-order valence-corrected chi connectivity index (χ3v) is 4.68. The molecule has 2 aromatic carbocycles. The predicted octanol–water partition coefficient (Wildman–Crippen LogP) is 5.01. The molecule has 0 bridgehead atoms. The number of amides is 1. The van der Waals surface area contributed by atoms with Crippen LogP contribution in [0.5, 0.6) is 0 Å². The lowest BCUT2D eigenvalue weighted by Crippen LogP contribution is -2.27. The van der Waals surface area contributed by atoms with E-state index in [1.807, 2.05) is 56.3 Å². The molecular weight excluding hydrogens is 382 g/mol. The largest absolute Gasteiger partial charge is 0.345 e. The molecule has 104 valence electrons. The molecule has 0 aliphatic heterocycles. The zero-order valence-electron chi connectivity index (χ0n) is 11.3. The van der Waals surface area contributed by atoms with Gasteiger partial charge in [0.1, 0.15) is 0 Å². The summed E-state index contributed by atoms with van der Waals surface area (Å²) in [6, 6.07) is 13.6. The molecule has 1 unspecified atom stereocenters. The topological polar surface area (TPSA) is 29.1 Å². The average Bonchev–Trinajstić information content (AvgIpc) is 2.41. The standard InChI is InChI=1S/C16H15Br2NO/c1-10-5-3-8-14(15(10)18)16(20)19-11(2)12-6-4-7-13(17)9-12/h3-9,11H,1-2H3,(H,19,20). The van der Waals surface area contributed by atoms with Crippen LogP contribution in [0.3, 0.4) is 0 Å². The maximum absolute atomic E-state index is 12.3. The molecule has 0 aliphatic carbocycles. The second-order valence-corrected chi connectivity index (χ2v) is 6.40. The third-order valence-electron chi connectivity index (χ3n) is 3.13. The predicted molar refractivity (Wildman–Crippen MR) is 88.9 cm³/mol. The average molecular weight is 397 g/mol. The third kappa shape index (κ3) is 3.49. The minimum atomic E-state index is -0.0759. The van der Waals surface area contributed by atoms with Gasteiger partial charge in [0.2, 0.25) is 0 Å². The Morgan fingerprint density at radius 2 is 1.85 bits per heavy atom. The van der Waals surface area contributed by atoms with E-state index in [0.29, 0.717) is 5.56 Å². The molecule has 2 nitrogen and oxygen atoms in total. The Labute approximate surface area is 135 Å². The van der Waals surface area contributed by atoms with Crippen molar-refractivity contribution in [2.45, 2.75) is 19.9 Å². The van der Waals surface area contributed by atoms with E-state index < -0.39 is 0 Å². The van der Waals surface area contributed by atoms with Crippen molar-refractivity contribution in [3.8, 4) is 0 Å². The monoisotopic (exact) mass is 395 g/mol. The van der Waals surface area contributed by atoms with Gasteiger partial charge >= 0.3 is 0 Å². The van der Waals surface area contributed by atoms with Crippen molar-refractivity contribution in [3.05, 3.63) is 68.1 Å². The highest BCUT2D eigenvalue weighted by Crippen LogP contribution is 2.23. The molecule has 1 N–H and O–H groups in total. The molecule has 0 saturated carbocycles. The summed E-state index contributed by atoms with van der Waals surface area (Å²) in [7, 11) is 0. The molecule has 0 heterocycles. The minimum absolute atomic E-state index is 0.0487. The normalized spacial score (nSPS) is 12.0. The van der Waals surface area contributed by atoms with Crippen LogP contribution in [-0.4, -0.2) is 5.91 Å². The summed E-state index contributed by atoms with van der Waals surface area (Å²) in [5.41, 5.74) is 2.77. The number of halogens is 2. The number of hydrogen-bond acceptors (Lipinski definition) is 1. The Morgan fingerprint density at radius 1 is 1.15 bits per heavy atom. The summed E-state index contributed by atoms with van der Waals surface area (Å²) in [6.45, 7) is 3.95. The van der Waals surface area contributed by atoms with Gasteiger partial charge < -0.3 is 5.32 Å². The molecule has 2 aromatic rings. The molecule has 0 aliphatic rings. The molecule has 1 atom stereocenters. The lowest BCUT2D eigenvalue weighted by molar-refractivity contribution is 0.0939. The summed E-state index contributed by atoms with van der Waals surface area (Å²) >= 11 is 6.91. The Kier molecular flexibility index (Phi) is 5.00. The van der Waals surface area contributed by atoms with Gasteiger partial charge in [0.15, 0.2) is 0 Å². The van der Waals surface area contributed by atoms with Crippen LogP contribution < -0.4 is 5.32 Å². The van der Waals surface area contributed by atoms with E-state index in [4.69, 9.17) is 0 Å². The van der Waals surface area contributed by atoms with Crippen molar-refractivity contribution in [2.24, 2.45) is 0 Å². The number of hydrogen-bond donors (Lipinski definition) is 1. The van der Waals surface area contributed by atoms with Crippen LogP contribution in [0.25, 0.3) is 0 Å². The Morgan fingerprint density at radius 3 is 2.55 bits per heavy atom. The lowest BCUT2D eigenvalue weighted by atomic mass is 10.1. The zero-order valence-corrected chi connectivity index (χ0v) is 14.5. The summed E-state index contributed by atoms with van der Waals surface area (Å²) in [4.78, 5) is 12.3. The lowest BCUT2D eigenvalue weighted by Gasteiger charge is -2.16. The van der Waals surface area contributed by atoms with E-state index in [1.54, 1.807) is 0 Å². The van der Waals surface area contributed by atoms with Gasteiger partial charge in [-0.1, -0.05) is 40.2 Å². The maximum Gasteiger partial charge on any atom is 0.252 e. The van der Waals surface area contributed by atoms with Crippen LogP contribution in [0, 0.1) is 6.92 Å². The Balaban J connectivity index is 2.17. The SMILES string of the molecule is Cc1cccc(C(=O)NC(C)c2cccc(Br)c2)c1Br. The molecular formula is C16H15Br2NO. The van der Waals surface area contributed by atoms with Crippen molar-refractivity contribution in [1.82, 2.24) is 5.32 Å². The van der Waals surface area contributed by atoms with Gasteiger partial charge in [0.25, 0.3) is 5.91 Å². The quantitative estimate of drug-likeness (QED) is 0.775. The van der Waals surface area contributed by atoms with Crippen LogP contribution in [0.1, 0.15) is 34.5 Å². The fourth-order valence-corrected chi connectivity index (χ4v) is 2.82. The Bertz CT molecular complexity index is 640. The highest BCUT2D eigenvalue weighted by Gasteiger charge is 2.14. The number of carbonyl (C=O) groups is 1. The van der Waals surface area contributed by atoms with Crippen molar-refractivity contribution in [1.29, 1.82) is 0 Å². The molecule has 4 heteroatoms. The second-order valence-electron chi connectivity index (χ2n) is 4.69.